The predicted molar refractivity (Wildman–Crippen MR) is 162 cm³/mol. The van der Waals surface area contributed by atoms with Gasteiger partial charge in [0.25, 0.3) is 0 Å². The van der Waals surface area contributed by atoms with Crippen LogP contribution in [0.1, 0.15) is 83.0 Å². The third-order valence-electron chi connectivity index (χ3n) is 5.06. The summed E-state index contributed by atoms with van der Waals surface area (Å²) in [5, 5.41) is 0. The third-order valence-corrected chi connectivity index (χ3v) is 7.55. The SMILES string of the molecule is C#CCCCC=O.CC(=O)C#CCCC/C=C/c1ccccc1.CCOP(=O)(OCC)C(C)c1ccccc1. The monoisotopic (exact) mass is 550 g/mol. The fourth-order valence-corrected chi connectivity index (χ4v) is 4.88. The zero-order valence-corrected chi connectivity index (χ0v) is 24.7. The van der Waals surface area contributed by atoms with Crippen LogP contribution in [0.4, 0.5) is 0 Å². The lowest BCUT2D eigenvalue weighted by Gasteiger charge is -2.23. The van der Waals surface area contributed by atoms with Crippen molar-refractivity contribution in [1.82, 2.24) is 0 Å². The molecule has 5 nitrogen and oxygen atoms in total. The summed E-state index contributed by atoms with van der Waals surface area (Å²) < 4.78 is 23.1. The molecule has 0 heterocycles. The van der Waals surface area contributed by atoms with E-state index < -0.39 is 7.60 Å². The highest BCUT2D eigenvalue weighted by Gasteiger charge is 2.32. The molecule has 1 unspecified atom stereocenters. The molecule has 6 heteroatoms. The average Bonchev–Trinajstić information content (AvgIpc) is 2.94. The van der Waals surface area contributed by atoms with Crippen LogP contribution in [-0.4, -0.2) is 25.3 Å². The number of aldehydes is 1. The molecule has 1 atom stereocenters. The topological polar surface area (TPSA) is 69.7 Å². The van der Waals surface area contributed by atoms with E-state index in [1.165, 1.54) is 12.5 Å². The van der Waals surface area contributed by atoms with Crippen molar-refractivity contribution in [2.75, 3.05) is 13.2 Å². The van der Waals surface area contributed by atoms with E-state index in [-0.39, 0.29) is 11.4 Å². The highest BCUT2D eigenvalue weighted by Crippen LogP contribution is 2.60. The molecule has 0 fully saturated rings. The van der Waals surface area contributed by atoms with E-state index in [4.69, 9.17) is 15.5 Å². The van der Waals surface area contributed by atoms with Crippen molar-refractivity contribution in [2.45, 2.75) is 71.9 Å². The van der Waals surface area contributed by atoms with E-state index in [2.05, 4.69) is 42.0 Å². The minimum Gasteiger partial charge on any atom is -0.308 e. The van der Waals surface area contributed by atoms with Crippen LogP contribution in [0.2, 0.25) is 0 Å². The van der Waals surface area contributed by atoms with Gasteiger partial charge in [-0.3, -0.25) is 9.36 Å². The average molecular weight is 551 g/mol. The molecular formula is C33H43O5P. The Morgan fingerprint density at radius 1 is 0.949 bits per heavy atom. The summed E-state index contributed by atoms with van der Waals surface area (Å²) in [6.07, 6.45) is 15.0. The summed E-state index contributed by atoms with van der Waals surface area (Å²) in [7, 11) is -3.03. The highest BCUT2D eigenvalue weighted by atomic mass is 31.2. The van der Waals surface area contributed by atoms with Crippen molar-refractivity contribution in [3.8, 4) is 24.2 Å². The fourth-order valence-electron chi connectivity index (χ4n) is 3.10. The standard InChI is InChI=1S/C15H16O.C12H19O3P.C6H8O/c1-14(16)10-6-3-2-4-7-11-15-12-8-5-9-13-15;1-4-14-16(13,15-5-2)11(3)12-9-7-6-8-10-12;1-2-3-4-5-6-7/h5,7-9,11-13H,2-4H2,1H3;6-11H,4-5H2,1-3H3;1,6H,3-5H2/b11-7+;;. The summed E-state index contributed by atoms with van der Waals surface area (Å²) in [6, 6.07) is 19.9. The molecule has 0 aliphatic carbocycles. The fraction of sp³-hybridized carbons (Fsp3) is 0.394. The molecule has 2 rings (SSSR count). The van der Waals surface area contributed by atoms with Gasteiger partial charge in [0.05, 0.1) is 18.9 Å². The van der Waals surface area contributed by atoms with Gasteiger partial charge in [0.1, 0.15) is 6.29 Å². The van der Waals surface area contributed by atoms with Gasteiger partial charge >= 0.3 is 7.60 Å². The number of carbonyl (C=O) groups excluding carboxylic acids is 2. The van der Waals surface area contributed by atoms with Gasteiger partial charge in [-0.05, 0) is 57.1 Å². The number of hydrogen-bond acceptors (Lipinski definition) is 5. The molecule has 0 bridgehead atoms. The van der Waals surface area contributed by atoms with E-state index in [1.54, 1.807) is 0 Å². The molecular weight excluding hydrogens is 507 g/mol. The maximum atomic E-state index is 12.5. The van der Waals surface area contributed by atoms with Crippen molar-refractivity contribution < 1.29 is 23.2 Å². The first-order valence-corrected chi connectivity index (χ1v) is 15.0. The lowest BCUT2D eigenvalue weighted by Crippen LogP contribution is -2.03. The lowest BCUT2D eigenvalue weighted by atomic mass is 10.1. The van der Waals surface area contributed by atoms with E-state index in [0.717, 1.165) is 44.0 Å². The van der Waals surface area contributed by atoms with Crippen LogP contribution in [0.5, 0.6) is 0 Å². The van der Waals surface area contributed by atoms with Crippen molar-refractivity contribution in [2.24, 2.45) is 0 Å². The lowest BCUT2D eigenvalue weighted by molar-refractivity contribution is -0.112. The molecule has 0 N–H and O–H groups in total. The molecule has 0 aliphatic heterocycles. The number of rotatable bonds is 13. The smallest absolute Gasteiger partial charge is 0.308 e. The molecule has 210 valence electrons. The van der Waals surface area contributed by atoms with Crippen molar-refractivity contribution in [3.63, 3.8) is 0 Å². The number of Topliss-reactive ketones (excluding diaryl/α,β-unsaturated/α-hetero) is 1. The maximum Gasteiger partial charge on any atom is 0.337 e. The first kappa shape index (κ1) is 35.8. The molecule has 0 aromatic heterocycles. The minimum absolute atomic E-state index is 0.0557. The van der Waals surface area contributed by atoms with Crippen LogP contribution in [0.3, 0.4) is 0 Å². The third kappa shape index (κ3) is 18.6. The van der Waals surface area contributed by atoms with Gasteiger partial charge < -0.3 is 13.8 Å². The Kier molecular flexibility index (Phi) is 21.9. The molecule has 39 heavy (non-hydrogen) atoms. The first-order valence-electron chi connectivity index (χ1n) is 13.4. The second-order valence-corrected chi connectivity index (χ2v) is 10.7. The Morgan fingerprint density at radius 2 is 1.51 bits per heavy atom. The first-order chi connectivity index (χ1) is 18.8. The van der Waals surface area contributed by atoms with Gasteiger partial charge in [0.2, 0.25) is 5.78 Å². The van der Waals surface area contributed by atoms with E-state index in [1.807, 2.05) is 69.3 Å². The summed E-state index contributed by atoms with van der Waals surface area (Å²) in [5.74, 6) is 7.78. The molecule has 0 radical (unpaired) electrons. The van der Waals surface area contributed by atoms with Crippen LogP contribution >= 0.6 is 7.60 Å². The molecule has 0 amide bonds. The Labute approximate surface area is 235 Å². The Hall–Kier alpha value is -3.21. The van der Waals surface area contributed by atoms with E-state index >= 15 is 0 Å². The van der Waals surface area contributed by atoms with Gasteiger partial charge in [-0.15, -0.1) is 12.3 Å². The summed E-state index contributed by atoms with van der Waals surface area (Å²) in [6.45, 7) is 7.80. The van der Waals surface area contributed by atoms with Gasteiger partial charge in [0.15, 0.2) is 0 Å². The van der Waals surface area contributed by atoms with Crippen molar-refractivity contribution in [3.05, 3.63) is 77.9 Å². The Bertz CT molecular complexity index is 1080. The minimum atomic E-state index is -3.03. The summed E-state index contributed by atoms with van der Waals surface area (Å²) >= 11 is 0. The molecule has 2 aromatic carbocycles. The number of allylic oxidation sites excluding steroid dienone is 1. The number of hydrogen-bond donors (Lipinski definition) is 0. The highest BCUT2D eigenvalue weighted by molar-refractivity contribution is 7.54. The van der Waals surface area contributed by atoms with E-state index in [9.17, 15) is 14.2 Å². The van der Waals surface area contributed by atoms with Gasteiger partial charge in [-0.1, -0.05) is 78.7 Å². The second kappa shape index (κ2) is 23.9. The number of terminal acetylenes is 1. The molecule has 0 aliphatic rings. The van der Waals surface area contributed by atoms with Crippen LogP contribution < -0.4 is 0 Å². The largest absolute Gasteiger partial charge is 0.337 e. The quantitative estimate of drug-likeness (QED) is 0.0823. The van der Waals surface area contributed by atoms with Gasteiger partial charge in [0, 0.05) is 26.2 Å². The predicted octanol–water partition coefficient (Wildman–Crippen LogP) is 8.47. The van der Waals surface area contributed by atoms with Crippen molar-refractivity contribution >= 4 is 25.7 Å². The normalized spacial score (nSPS) is 10.9. The molecule has 0 saturated heterocycles. The number of benzene rings is 2. The van der Waals surface area contributed by atoms with E-state index in [0.29, 0.717) is 19.6 Å². The van der Waals surface area contributed by atoms with Crippen LogP contribution in [0, 0.1) is 24.2 Å². The number of unbranched alkanes of at least 4 members (excludes halogenated alkanes) is 4. The Balaban J connectivity index is 0.000000600. The molecule has 2 aromatic rings. The summed E-state index contributed by atoms with van der Waals surface area (Å²) in [4.78, 5) is 20.1. The van der Waals surface area contributed by atoms with Crippen LogP contribution in [0.15, 0.2) is 66.7 Å². The molecule has 0 saturated carbocycles. The second-order valence-electron chi connectivity index (χ2n) is 8.29. The molecule has 0 spiro atoms. The zero-order chi connectivity index (χ0) is 29.2. The van der Waals surface area contributed by atoms with Gasteiger partial charge in [-0.2, -0.15) is 0 Å². The number of carbonyl (C=O) groups is 2. The van der Waals surface area contributed by atoms with Crippen LogP contribution in [0.25, 0.3) is 6.08 Å². The number of ketones is 1. The van der Waals surface area contributed by atoms with Crippen LogP contribution in [-0.2, 0) is 23.2 Å². The Morgan fingerprint density at radius 3 is 2.03 bits per heavy atom. The maximum absolute atomic E-state index is 12.5. The zero-order valence-electron chi connectivity index (χ0n) is 23.8. The van der Waals surface area contributed by atoms with Gasteiger partial charge in [-0.25, -0.2) is 0 Å². The summed E-state index contributed by atoms with van der Waals surface area (Å²) in [5.41, 5.74) is 1.97. The van der Waals surface area contributed by atoms with Crippen molar-refractivity contribution in [1.29, 1.82) is 0 Å².